The number of hydrogen-bond acceptors (Lipinski definition) is 3. The summed E-state index contributed by atoms with van der Waals surface area (Å²) in [6.07, 6.45) is 7.52. The molecule has 3 fully saturated rings. The van der Waals surface area contributed by atoms with Gasteiger partial charge in [0, 0.05) is 31.2 Å². The van der Waals surface area contributed by atoms with Gasteiger partial charge in [-0.1, -0.05) is 6.42 Å². The van der Waals surface area contributed by atoms with Crippen molar-refractivity contribution in [1.82, 2.24) is 9.80 Å². The monoisotopic (exact) mass is 238 g/mol. The molecule has 0 spiro atoms. The predicted molar refractivity (Wildman–Crippen MR) is 69.0 cm³/mol. The van der Waals surface area contributed by atoms with Gasteiger partial charge in [-0.25, -0.2) is 0 Å². The predicted octanol–water partition coefficient (Wildman–Crippen LogP) is 1.46. The van der Waals surface area contributed by atoms with Gasteiger partial charge in [-0.3, -0.25) is 9.80 Å². The van der Waals surface area contributed by atoms with E-state index in [4.69, 9.17) is 0 Å². The first-order valence-corrected chi connectivity index (χ1v) is 7.43. The van der Waals surface area contributed by atoms with Crippen molar-refractivity contribution in [3.05, 3.63) is 0 Å². The van der Waals surface area contributed by atoms with E-state index in [9.17, 15) is 5.11 Å². The first kappa shape index (κ1) is 11.9. The highest BCUT2D eigenvalue weighted by Crippen LogP contribution is 2.31. The second-order valence-corrected chi connectivity index (χ2v) is 6.26. The zero-order valence-corrected chi connectivity index (χ0v) is 11.0. The molecule has 1 aliphatic carbocycles. The van der Waals surface area contributed by atoms with E-state index in [0.717, 1.165) is 12.5 Å². The molecule has 3 nitrogen and oxygen atoms in total. The molecule has 3 aliphatic rings. The third-order valence-electron chi connectivity index (χ3n) is 5.11. The van der Waals surface area contributed by atoms with Crippen LogP contribution in [0, 0.1) is 0 Å². The standard InChI is InChI=1S/C14H26N2O/c1-11-9-15-8-3-2-5-12(15)10-16(11)13-6-4-7-14(13)17/h11-14,17H,2-10H2,1H3. The highest BCUT2D eigenvalue weighted by molar-refractivity contribution is 4.95. The number of nitrogens with zero attached hydrogens (tertiary/aromatic N) is 2. The maximum atomic E-state index is 10.1. The first-order chi connectivity index (χ1) is 8.25. The molecule has 17 heavy (non-hydrogen) atoms. The minimum Gasteiger partial charge on any atom is -0.391 e. The molecule has 3 rings (SSSR count). The van der Waals surface area contributed by atoms with Crippen LogP contribution in [0.25, 0.3) is 0 Å². The quantitative estimate of drug-likeness (QED) is 0.749. The molecule has 2 aliphatic heterocycles. The van der Waals surface area contributed by atoms with Crippen LogP contribution in [0.1, 0.15) is 45.4 Å². The second kappa shape index (κ2) is 4.87. The van der Waals surface area contributed by atoms with Crippen LogP contribution in [-0.4, -0.2) is 58.8 Å². The van der Waals surface area contributed by atoms with E-state index in [-0.39, 0.29) is 6.10 Å². The molecule has 0 aromatic carbocycles. The Kier molecular flexibility index (Phi) is 3.42. The molecule has 0 radical (unpaired) electrons. The van der Waals surface area contributed by atoms with Crippen molar-refractivity contribution in [1.29, 1.82) is 0 Å². The van der Waals surface area contributed by atoms with Crippen molar-refractivity contribution in [3.63, 3.8) is 0 Å². The van der Waals surface area contributed by atoms with Gasteiger partial charge in [0.2, 0.25) is 0 Å². The summed E-state index contributed by atoms with van der Waals surface area (Å²) in [5.74, 6) is 0. The lowest BCUT2D eigenvalue weighted by Crippen LogP contribution is -2.62. The van der Waals surface area contributed by atoms with E-state index >= 15 is 0 Å². The van der Waals surface area contributed by atoms with Gasteiger partial charge >= 0.3 is 0 Å². The summed E-state index contributed by atoms with van der Waals surface area (Å²) in [5.41, 5.74) is 0. The Morgan fingerprint density at radius 3 is 2.65 bits per heavy atom. The van der Waals surface area contributed by atoms with Crippen LogP contribution in [0.5, 0.6) is 0 Å². The minimum absolute atomic E-state index is 0.0624. The molecule has 3 heteroatoms. The average Bonchev–Trinajstić information content (AvgIpc) is 2.74. The lowest BCUT2D eigenvalue weighted by molar-refractivity contribution is -0.0338. The number of fused-ring (bicyclic) bond motifs is 1. The Balaban J connectivity index is 1.68. The average molecular weight is 238 g/mol. The molecule has 1 saturated carbocycles. The number of aliphatic hydroxyl groups excluding tert-OH is 1. The lowest BCUT2D eigenvalue weighted by Gasteiger charge is -2.50. The largest absolute Gasteiger partial charge is 0.391 e. The lowest BCUT2D eigenvalue weighted by atomic mass is 9.95. The van der Waals surface area contributed by atoms with Gasteiger partial charge in [-0.05, 0) is 45.6 Å². The van der Waals surface area contributed by atoms with Crippen LogP contribution >= 0.6 is 0 Å². The fourth-order valence-corrected chi connectivity index (χ4v) is 4.14. The summed E-state index contributed by atoms with van der Waals surface area (Å²) < 4.78 is 0. The number of piperazine rings is 1. The van der Waals surface area contributed by atoms with Crippen molar-refractivity contribution in [2.24, 2.45) is 0 Å². The summed E-state index contributed by atoms with van der Waals surface area (Å²) in [6.45, 7) is 6.06. The van der Waals surface area contributed by atoms with E-state index < -0.39 is 0 Å². The highest BCUT2D eigenvalue weighted by Gasteiger charge is 2.39. The third kappa shape index (κ3) is 2.25. The maximum Gasteiger partial charge on any atom is 0.0695 e. The van der Waals surface area contributed by atoms with E-state index in [2.05, 4.69) is 16.7 Å². The smallest absolute Gasteiger partial charge is 0.0695 e. The molecule has 2 saturated heterocycles. The van der Waals surface area contributed by atoms with Crippen LogP contribution in [0.3, 0.4) is 0 Å². The molecule has 0 bridgehead atoms. The summed E-state index contributed by atoms with van der Waals surface area (Å²) in [6, 6.07) is 1.85. The molecular weight excluding hydrogens is 212 g/mol. The van der Waals surface area contributed by atoms with Gasteiger partial charge in [-0.15, -0.1) is 0 Å². The Bertz CT molecular complexity index is 271. The Hall–Kier alpha value is -0.120. The van der Waals surface area contributed by atoms with Gasteiger partial charge < -0.3 is 5.11 Å². The molecule has 0 aromatic rings. The zero-order chi connectivity index (χ0) is 11.8. The topological polar surface area (TPSA) is 26.7 Å². The molecule has 98 valence electrons. The summed E-state index contributed by atoms with van der Waals surface area (Å²) >= 11 is 0. The van der Waals surface area contributed by atoms with E-state index in [1.54, 1.807) is 0 Å². The van der Waals surface area contributed by atoms with E-state index in [0.29, 0.717) is 12.1 Å². The fraction of sp³-hybridized carbons (Fsp3) is 1.00. The number of hydrogen-bond donors (Lipinski definition) is 1. The fourth-order valence-electron chi connectivity index (χ4n) is 4.14. The Morgan fingerprint density at radius 2 is 1.88 bits per heavy atom. The van der Waals surface area contributed by atoms with Crippen LogP contribution in [0.4, 0.5) is 0 Å². The Morgan fingerprint density at radius 1 is 1.00 bits per heavy atom. The summed E-state index contributed by atoms with van der Waals surface area (Å²) in [4.78, 5) is 5.30. The minimum atomic E-state index is -0.0624. The summed E-state index contributed by atoms with van der Waals surface area (Å²) in [5, 5.41) is 10.1. The van der Waals surface area contributed by atoms with Crippen LogP contribution < -0.4 is 0 Å². The number of piperidine rings is 1. The first-order valence-electron chi connectivity index (χ1n) is 7.43. The third-order valence-corrected chi connectivity index (χ3v) is 5.11. The molecule has 0 amide bonds. The van der Waals surface area contributed by atoms with Crippen molar-refractivity contribution in [2.45, 2.75) is 69.7 Å². The maximum absolute atomic E-state index is 10.1. The van der Waals surface area contributed by atoms with E-state index in [1.165, 1.54) is 51.7 Å². The molecule has 4 unspecified atom stereocenters. The van der Waals surface area contributed by atoms with Gasteiger partial charge in [0.05, 0.1) is 6.10 Å². The van der Waals surface area contributed by atoms with Crippen LogP contribution in [-0.2, 0) is 0 Å². The van der Waals surface area contributed by atoms with Crippen molar-refractivity contribution >= 4 is 0 Å². The molecule has 4 atom stereocenters. The van der Waals surface area contributed by atoms with E-state index in [1.807, 2.05) is 0 Å². The molecule has 0 aromatic heterocycles. The van der Waals surface area contributed by atoms with Crippen LogP contribution in [0.2, 0.25) is 0 Å². The van der Waals surface area contributed by atoms with Crippen LogP contribution in [0.15, 0.2) is 0 Å². The van der Waals surface area contributed by atoms with Gasteiger partial charge in [0.15, 0.2) is 0 Å². The number of aliphatic hydroxyl groups is 1. The van der Waals surface area contributed by atoms with Crippen molar-refractivity contribution in [3.8, 4) is 0 Å². The zero-order valence-electron chi connectivity index (χ0n) is 11.0. The molecule has 2 heterocycles. The summed E-state index contributed by atoms with van der Waals surface area (Å²) in [7, 11) is 0. The van der Waals surface area contributed by atoms with Crippen molar-refractivity contribution < 1.29 is 5.11 Å². The van der Waals surface area contributed by atoms with Gasteiger partial charge in [-0.2, -0.15) is 0 Å². The normalized spacial score (nSPS) is 44.8. The van der Waals surface area contributed by atoms with Gasteiger partial charge in [0.1, 0.15) is 0 Å². The SMILES string of the molecule is CC1CN2CCCCC2CN1C1CCCC1O. The molecular formula is C14H26N2O. The molecule has 1 N–H and O–H groups in total. The Labute approximate surface area is 105 Å². The second-order valence-electron chi connectivity index (χ2n) is 6.26. The highest BCUT2D eigenvalue weighted by atomic mass is 16.3. The van der Waals surface area contributed by atoms with Gasteiger partial charge in [0.25, 0.3) is 0 Å². The number of rotatable bonds is 1. The van der Waals surface area contributed by atoms with Crippen molar-refractivity contribution in [2.75, 3.05) is 19.6 Å².